The summed E-state index contributed by atoms with van der Waals surface area (Å²) in [6.07, 6.45) is 1.92. The van der Waals surface area contributed by atoms with Gasteiger partial charge in [0, 0.05) is 12.6 Å². The Balaban J connectivity index is 2.15. The highest BCUT2D eigenvalue weighted by atomic mass is 19.2. The largest absolute Gasteiger partial charge is 0.348 e. The van der Waals surface area contributed by atoms with Crippen molar-refractivity contribution in [1.29, 1.82) is 0 Å². The molecule has 0 heterocycles. The van der Waals surface area contributed by atoms with Crippen LogP contribution in [0.25, 0.3) is 0 Å². The summed E-state index contributed by atoms with van der Waals surface area (Å²) in [4.78, 5) is 11.7. The van der Waals surface area contributed by atoms with Crippen molar-refractivity contribution >= 4 is 5.91 Å². The molecule has 98 valence electrons. The summed E-state index contributed by atoms with van der Waals surface area (Å²) in [5, 5.41) is 2.54. The monoisotopic (exact) mass is 258 g/mol. The maximum absolute atomic E-state index is 13.4. The molecule has 1 aliphatic rings. The van der Waals surface area contributed by atoms with Crippen LogP contribution in [0.5, 0.6) is 0 Å². The number of carbonyl (C=O) groups is 1. The van der Waals surface area contributed by atoms with Crippen LogP contribution in [0.2, 0.25) is 0 Å². The van der Waals surface area contributed by atoms with Crippen LogP contribution in [0.4, 0.5) is 13.2 Å². The maximum atomic E-state index is 13.4. The molecule has 6 heteroatoms. The average molecular weight is 258 g/mol. The molecule has 1 aliphatic carbocycles. The van der Waals surface area contributed by atoms with Crippen LogP contribution in [0.15, 0.2) is 12.1 Å². The highest BCUT2D eigenvalue weighted by Crippen LogP contribution is 2.32. The number of benzene rings is 1. The molecule has 0 spiro atoms. The minimum Gasteiger partial charge on any atom is -0.348 e. The molecule has 1 atom stereocenters. The van der Waals surface area contributed by atoms with Crippen molar-refractivity contribution in [2.24, 2.45) is 11.7 Å². The van der Waals surface area contributed by atoms with Gasteiger partial charge in [-0.05, 0) is 30.9 Å². The van der Waals surface area contributed by atoms with Gasteiger partial charge in [0.05, 0.1) is 5.56 Å². The second-order valence-electron chi connectivity index (χ2n) is 4.38. The number of halogens is 3. The second-order valence-corrected chi connectivity index (χ2v) is 4.38. The van der Waals surface area contributed by atoms with Crippen molar-refractivity contribution in [2.75, 3.05) is 6.54 Å². The third kappa shape index (κ3) is 2.48. The van der Waals surface area contributed by atoms with Gasteiger partial charge >= 0.3 is 0 Å². The first-order chi connectivity index (χ1) is 8.54. The fourth-order valence-corrected chi connectivity index (χ4v) is 1.82. The van der Waals surface area contributed by atoms with Gasteiger partial charge in [0.2, 0.25) is 0 Å². The number of carbonyl (C=O) groups excluding carboxylic acids is 1. The Morgan fingerprint density at radius 1 is 1.33 bits per heavy atom. The molecular formula is C12H13F3N2O. The number of nitrogens with two attached hydrogens (primary N) is 1. The van der Waals surface area contributed by atoms with Gasteiger partial charge in [-0.2, -0.15) is 0 Å². The third-order valence-electron chi connectivity index (χ3n) is 3.04. The highest BCUT2D eigenvalue weighted by molar-refractivity contribution is 5.94. The number of rotatable bonds is 4. The first-order valence-corrected chi connectivity index (χ1v) is 5.69. The van der Waals surface area contributed by atoms with Crippen molar-refractivity contribution < 1.29 is 18.0 Å². The van der Waals surface area contributed by atoms with Gasteiger partial charge in [-0.25, -0.2) is 13.2 Å². The van der Waals surface area contributed by atoms with E-state index in [-0.39, 0.29) is 12.6 Å². The molecule has 1 fully saturated rings. The summed E-state index contributed by atoms with van der Waals surface area (Å²) in [6.45, 7) is 0.238. The van der Waals surface area contributed by atoms with E-state index in [1.807, 2.05) is 0 Å². The normalized spacial score (nSPS) is 16.4. The molecule has 0 radical (unpaired) electrons. The highest BCUT2D eigenvalue weighted by Gasteiger charge is 2.32. The van der Waals surface area contributed by atoms with E-state index in [0.717, 1.165) is 25.0 Å². The fraction of sp³-hybridized carbons (Fsp3) is 0.417. The lowest BCUT2D eigenvalue weighted by atomic mass is 10.1. The molecule has 0 bridgehead atoms. The van der Waals surface area contributed by atoms with Gasteiger partial charge in [0.25, 0.3) is 5.91 Å². The van der Waals surface area contributed by atoms with E-state index in [9.17, 15) is 18.0 Å². The average Bonchev–Trinajstić information content (AvgIpc) is 3.17. The first kappa shape index (κ1) is 12.9. The summed E-state index contributed by atoms with van der Waals surface area (Å²) < 4.78 is 39.1. The lowest BCUT2D eigenvalue weighted by molar-refractivity contribution is 0.0928. The van der Waals surface area contributed by atoms with E-state index >= 15 is 0 Å². The van der Waals surface area contributed by atoms with Gasteiger partial charge in [-0.3, -0.25) is 4.79 Å². The zero-order valence-electron chi connectivity index (χ0n) is 9.55. The molecular weight excluding hydrogens is 245 g/mol. The molecule has 0 aliphatic heterocycles. The van der Waals surface area contributed by atoms with Gasteiger partial charge in [0.15, 0.2) is 17.5 Å². The van der Waals surface area contributed by atoms with Crippen molar-refractivity contribution in [1.82, 2.24) is 5.32 Å². The topological polar surface area (TPSA) is 55.1 Å². The van der Waals surface area contributed by atoms with Crippen molar-refractivity contribution in [3.05, 3.63) is 35.1 Å². The summed E-state index contributed by atoms with van der Waals surface area (Å²) >= 11 is 0. The first-order valence-electron chi connectivity index (χ1n) is 5.69. The predicted octanol–water partition coefficient (Wildman–Crippen LogP) is 1.57. The number of nitrogens with one attached hydrogen (secondary N) is 1. The molecule has 3 N–H and O–H groups in total. The summed E-state index contributed by atoms with van der Waals surface area (Å²) in [5.41, 5.74) is 4.98. The van der Waals surface area contributed by atoms with Crippen LogP contribution in [0.3, 0.4) is 0 Å². The molecule has 1 amide bonds. The minimum atomic E-state index is -1.64. The molecule has 2 rings (SSSR count). The molecule has 1 aromatic carbocycles. The SMILES string of the molecule is NCC(NC(=O)c1ccc(F)c(F)c1F)C1CC1. The summed E-state index contributed by atoms with van der Waals surface area (Å²) in [5.74, 6) is -4.90. The molecule has 0 aromatic heterocycles. The van der Waals surface area contributed by atoms with E-state index in [2.05, 4.69) is 5.32 Å². The van der Waals surface area contributed by atoms with Crippen LogP contribution in [0.1, 0.15) is 23.2 Å². The number of amides is 1. The van der Waals surface area contributed by atoms with Crippen LogP contribution in [0, 0.1) is 23.4 Å². The molecule has 1 aromatic rings. The molecule has 3 nitrogen and oxygen atoms in total. The van der Waals surface area contributed by atoms with Gasteiger partial charge < -0.3 is 11.1 Å². The standard InChI is InChI=1S/C12H13F3N2O/c13-8-4-3-7(10(14)11(8)15)12(18)17-9(5-16)6-1-2-6/h3-4,6,9H,1-2,5,16H2,(H,17,18). The number of hydrogen-bond donors (Lipinski definition) is 2. The quantitative estimate of drug-likeness (QED) is 0.805. The zero-order chi connectivity index (χ0) is 13.3. The Morgan fingerprint density at radius 2 is 2.00 bits per heavy atom. The van der Waals surface area contributed by atoms with Crippen molar-refractivity contribution in [3.63, 3.8) is 0 Å². The molecule has 1 saturated carbocycles. The van der Waals surface area contributed by atoms with E-state index < -0.39 is 28.9 Å². The smallest absolute Gasteiger partial charge is 0.254 e. The van der Waals surface area contributed by atoms with Crippen LogP contribution in [-0.4, -0.2) is 18.5 Å². The maximum Gasteiger partial charge on any atom is 0.254 e. The Hall–Kier alpha value is -1.56. The van der Waals surface area contributed by atoms with Gasteiger partial charge in [-0.1, -0.05) is 0 Å². The van der Waals surface area contributed by atoms with E-state index in [4.69, 9.17) is 5.73 Å². The zero-order valence-corrected chi connectivity index (χ0v) is 9.55. The Labute approximate surface area is 102 Å². The van der Waals surface area contributed by atoms with Crippen LogP contribution < -0.4 is 11.1 Å². The van der Waals surface area contributed by atoms with Crippen molar-refractivity contribution in [3.8, 4) is 0 Å². The van der Waals surface area contributed by atoms with E-state index in [0.29, 0.717) is 5.92 Å². The van der Waals surface area contributed by atoms with Crippen molar-refractivity contribution in [2.45, 2.75) is 18.9 Å². The van der Waals surface area contributed by atoms with Crippen LogP contribution >= 0.6 is 0 Å². The second kappa shape index (κ2) is 4.97. The number of hydrogen-bond acceptors (Lipinski definition) is 2. The molecule has 1 unspecified atom stereocenters. The molecule has 18 heavy (non-hydrogen) atoms. The van der Waals surface area contributed by atoms with Gasteiger partial charge in [-0.15, -0.1) is 0 Å². The van der Waals surface area contributed by atoms with E-state index in [1.54, 1.807) is 0 Å². The lowest BCUT2D eigenvalue weighted by Gasteiger charge is -2.16. The predicted molar refractivity (Wildman–Crippen MR) is 59.3 cm³/mol. The third-order valence-corrected chi connectivity index (χ3v) is 3.04. The molecule has 0 saturated heterocycles. The van der Waals surface area contributed by atoms with Gasteiger partial charge in [0.1, 0.15) is 0 Å². The van der Waals surface area contributed by atoms with E-state index in [1.165, 1.54) is 0 Å². The lowest BCUT2D eigenvalue weighted by Crippen LogP contribution is -2.42. The Kier molecular flexibility index (Phi) is 3.56. The van der Waals surface area contributed by atoms with Crippen LogP contribution in [-0.2, 0) is 0 Å². The summed E-state index contributed by atoms with van der Waals surface area (Å²) in [7, 11) is 0. The Bertz CT molecular complexity index is 475. The summed E-state index contributed by atoms with van der Waals surface area (Å²) in [6, 6.07) is 1.40. The Morgan fingerprint density at radius 3 is 2.56 bits per heavy atom. The fourth-order valence-electron chi connectivity index (χ4n) is 1.82. The minimum absolute atomic E-state index is 0.238.